The van der Waals surface area contributed by atoms with Crippen LogP contribution in [0.15, 0.2) is 48.5 Å². The summed E-state index contributed by atoms with van der Waals surface area (Å²) in [6, 6.07) is 15.5. The number of nitrogens with one attached hydrogen (secondary N) is 1. The highest BCUT2D eigenvalue weighted by Gasteiger charge is 2.43. The van der Waals surface area contributed by atoms with Crippen LogP contribution in [0.2, 0.25) is 0 Å². The van der Waals surface area contributed by atoms with Gasteiger partial charge in [0.05, 0.1) is 19.8 Å². The quantitative estimate of drug-likeness (QED) is 0.636. The predicted molar refractivity (Wildman–Crippen MR) is 108 cm³/mol. The van der Waals surface area contributed by atoms with Crippen LogP contribution in [-0.4, -0.2) is 19.8 Å². The highest BCUT2D eigenvalue weighted by Crippen LogP contribution is 2.64. The molecule has 3 rings (SSSR count). The molecular formula is C21H28NO4P. The van der Waals surface area contributed by atoms with Gasteiger partial charge in [-0.2, -0.15) is 0 Å². The summed E-state index contributed by atoms with van der Waals surface area (Å²) in [5, 5.41) is 3.36. The Kier molecular flexibility index (Phi) is 5.95. The summed E-state index contributed by atoms with van der Waals surface area (Å²) in [4.78, 5) is 0. The molecule has 0 spiro atoms. The Labute approximate surface area is 161 Å². The Morgan fingerprint density at radius 3 is 2.22 bits per heavy atom. The first-order chi connectivity index (χ1) is 12.8. The standard InChI is InChI=1S/C21H28NO4P/c1-5-24-19-12-8-17(9-13-19)20(22-18-10-6-16(2)7-11-18)27(23)25-14-21(3,4)15-26-27/h6-13,20,22H,5,14-15H2,1-4H3/t20-/m0/s1. The molecule has 0 amide bonds. The normalized spacial score (nSPS) is 19.3. The van der Waals surface area contributed by atoms with E-state index >= 15 is 0 Å². The van der Waals surface area contributed by atoms with E-state index in [4.69, 9.17) is 13.8 Å². The first-order valence-corrected chi connectivity index (χ1v) is 10.9. The number of hydrogen-bond donors (Lipinski definition) is 1. The molecule has 0 unspecified atom stereocenters. The van der Waals surface area contributed by atoms with Crippen LogP contribution in [-0.2, 0) is 13.6 Å². The second-order valence-electron chi connectivity index (χ2n) is 7.67. The van der Waals surface area contributed by atoms with Gasteiger partial charge in [0, 0.05) is 11.1 Å². The smallest absolute Gasteiger partial charge is 0.357 e. The number of hydrogen-bond acceptors (Lipinski definition) is 5. The molecule has 0 bridgehead atoms. The summed E-state index contributed by atoms with van der Waals surface area (Å²) in [5.74, 6) is 0.187. The van der Waals surface area contributed by atoms with Gasteiger partial charge < -0.3 is 19.1 Å². The third-order valence-electron chi connectivity index (χ3n) is 4.45. The zero-order valence-electron chi connectivity index (χ0n) is 16.4. The molecule has 2 aromatic carbocycles. The van der Waals surface area contributed by atoms with Crippen LogP contribution >= 0.6 is 7.60 Å². The van der Waals surface area contributed by atoms with Crippen molar-refractivity contribution in [3.63, 3.8) is 0 Å². The zero-order valence-corrected chi connectivity index (χ0v) is 17.3. The molecule has 6 heteroatoms. The summed E-state index contributed by atoms with van der Waals surface area (Å²) in [6.07, 6.45) is 0. The summed E-state index contributed by atoms with van der Waals surface area (Å²) in [7, 11) is -3.39. The van der Waals surface area contributed by atoms with E-state index in [-0.39, 0.29) is 5.41 Å². The van der Waals surface area contributed by atoms with Crippen molar-refractivity contribution >= 4 is 13.3 Å². The molecule has 146 valence electrons. The van der Waals surface area contributed by atoms with Crippen LogP contribution < -0.4 is 10.1 Å². The molecule has 1 aliphatic rings. The molecule has 0 aliphatic carbocycles. The van der Waals surface area contributed by atoms with Gasteiger partial charge in [-0.3, -0.25) is 4.57 Å². The summed E-state index contributed by atoms with van der Waals surface area (Å²) >= 11 is 0. The Morgan fingerprint density at radius 1 is 1.07 bits per heavy atom. The van der Waals surface area contributed by atoms with Gasteiger partial charge in [-0.15, -0.1) is 0 Å². The average Bonchev–Trinajstić information content (AvgIpc) is 2.65. The number of ether oxygens (including phenoxy) is 1. The second-order valence-corrected chi connectivity index (χ2v) is 9.78. The lowest BCUT2D eigenvalue weighted by molar-refractivity contribution is 0.0387. The van der Waals surface area contributed by atoms with Crippen LogP contribution in [0.5, 0.6) is 5.75 Å². The summed E-state index contributed by atoms with van der Waals surface area (Å²) in [5.41, 5.74) is 2.71. The minimum atomic E-state index is -3.39. The number of aryl methyl sites for hydroxylation is 1. The van der Waals surface area contributed by atoms with Gasteiger partial charge in [-0.05, 0) is 43.7 Å². The maximum Gasteiger partial charge on any atom is 0.357 e. The van der Waals surface area contributed by atoms with E-state index in [1.165, 1.54) is 0 Å². The first-order valence-electron chi connectivity index (χ1n) is 9.26. The topological polar surface area (TPSA) is 56.8 Å². The lowest BCUT2D eigenvalue weighted by Crippen LogP contribution is -2.31. The highest BCUT2D eigenvalue weighted by molar-refractivity contribution is 7.54. The molecular weight excluding hydrogens is 361 g/mol. The maximum absolute atomic E-state index is 13.6. The number of rotatable bonds is 6. The molecule has 1 heterocycles. The van der Waals surface area contributed by atoms with Gasteiger partial charge in [0.1, 0.15) is 5.75 Å². The van der Waals surface area contributed by atoms with Gasteiger partial charge in [0.2, 0.25) is 0 Å². The van der Waals surface area contributed by atoms with E-state index in [9.17, 15) is 4.57 Å². The Morgan fingerprint density at radius 2 is 1.67 bits per heavy atom. The van der Waals surface area contributed by atoms with E-state index in [0.717, 1.165) is 22.6 Å². The van der Waals surface area contributed by atoms with E-state index < -0.39 is 13.4 Å². The van der Waals surface area contributed by atoms with Crippen molar-refractivity contribution < 1.29 is 18.3 Å². The molecule has 1 aliphatic heterocycles. The SMILES string of the molecule is CCOc1ccc([C@@H](Nc2ccc(C)cc2)P2(=O)OCC(C)(C)CO2)cc1. The molecule has 0 radical (unpaired) electrons. The molecule has 0 aromatic heterocycles. The van der Waals surface area contributed by atoms with Gasteiger partial charge >= 0.3 is 7.60 Å². The first kappa shape index (κ1) is 19.9. The Balaban J connectivity index is 1.90. The Hall–Kier alpha value is -1.81. The summed E-state index contributed by atoms with van der Waals surface area (Å²) in [6.45, 7) is 9.45. The fraction of sp³-hybridized carbons (Fsp3) is 0.429. The number of benzene rings is 2. The molecule has 1 atom stereocenters. The third kappa shape index (κ3) is 4.92. The van der Waals surface area contributed by atoms with Crippen LogP contribution in [0, 0.1) is 12.3 Å². The molecule has 5 nitrogen and oxygen atoms in total. The molecule has 1 fully saturated rings. The molecule has 1 saturated heterocycles. The zero-order chi connectivity index (χ0) is 19.5. The van der Waals surface area contributed by atoms with Gasteiger partial charge in [0.15, 0.2) is 5.78 Å². The van der Waals surface area contributed by atoms with Crippen molar-refractivity contribution in [2.45, 2.75) is 33.5 Å². The average molecular weight is 389 g/mol. The van der Waals surface area contributed by atoms with Crippen molar-refractivity contribution in [3.8, 4) is 5.75 Å². The molecule has 0 saturated carbocycles. The van der Waals surface area contributed by atoms with Gasteiger partial charge in [-0.1, -0.05) is 43.7 Å². The van der Waals surface area contributed by atoms with E-state index in [1.54, 1.807) is 0 Å². The second kappa shape index (κ2) is 8.05. The minimum absolute atomic E-state index is 0.152. The van der Waals surface area contributed by atoms with Crippen molar-refractivity contribution in [2.24, 2.45) is 5.41 Å². The third-order valence-corrected chi connectivity index (χ3v) is 6.49. The predicted octanol–water partition coefficient (Wildman–Crippen LogP) is 5.77. The van der Waals surface area contributed by atoms with Crippen molar-refractivity contribution in [3.05, 3.63) is 59.7 Å². The van der Waals surface area contributed by atoms with E-state index in [0.29, 0.717) is 19.8 Å². The van der Waals surface area contributed by atoms with Crippen molar-refractivity contribution in [1.82, 2.24) is 0 Å². The maximum atomic E-state index is 13.6. The lowest BCUT2D eigenvalue weighted by atomic mass is 9.97. The van der Waals surface area contributed by atoms with Crippen LogP contribution in [0.4, 0.5) is 5.69 Å². The van der Waals surface area contributed by atoms with Crippen molar-refractivity contribution in [2.75, 3.05) is 25.1 Å². The Bertz CT molecular complexity index is 788. The monoisotopic (exact) mass is 389 g/mol. The molecule has 1 N–H and O–H groups in total. The minimum Gasteiger partial charge on any atom is -0.494 e. The van der Waals surface area contributed by atoms with Crippen LogP contribution in [0.1, 0.15) is 37.7 Å². The van der Waals surface area contributed by atoms with E-state index in [2.05, 4.69) is 5.32 Å². The van der Waals surface area contributed by atoms with E-state index in [1.807, 2.05) is 76.2 Å². The lowest BCUT2D eigenvalue weighted by Gasteiger charge is -2.38. The van der Waals surface area contributed by atoms with Crippen molar-refractivity contribution in [1.29, 1.82) is 0 Å². The summed E-state index contributed by atoms with van der Waals surface area (Å²) < 4.78 is 30.7. The van der Waals surface area contributed by atoms with Crippen LogP contribution in [0.3, 0.4) is 0 Å². The van der Waals surface area contributed by atoms with Gasteiger partial charge in [0.25, 0.3) is 0 Å². The molecule has 27 heavy (non-hydrogen) atoms. The fourth-order valence-corrected chi connectivity index (χ4v) is 5.10. The highest BCUT2D eigenvalue weighted by atomic mass is 31.2. The number of anilines is 1. The molecule has 2 aromatic rings. The largest absolute Gasteiger partial charge is 0.494 e. The van der Waals surface area contributed by atoms with Gasteiger partial charge in [-0.25, -0.2) is 0 Å². The fourth-order valence-electron chi connectivity index (χ4n) is 2.82. The van der Waals surface area contributed by atoms with Crippen LogP contribution in [0.25, 0.3) is 0 Å².